The van der Waals surface area contributed by atoms with Crippen molar-refractivity contribution in [1.82, 2.24) is 4.67 Å². The summed E-state index contributed by atoms with van der Waals surface area (Å²) in [6.07, 6.45) is 1.80. The quantitative estimate of drug-likeness (QED) is 0.490. The Hall–Kier alpha value is -1.71. The topological polar surface area (TPSA) is 38.8 Å². The van der Waals surface area contributed by atoms with Crippen molar-refractivity contribution in [3.8, 4) is 0 Å². The Morgan fingerprint density at radius 1 is 1.08 bits per heavy atom. The van der Waals surface area contributed by atoms with E-state index in [0.29, 0.717) is 19.8 Å². The highest BCUT2D eigenvalue weighted by Crippen LogP contribution is 2.60. The molecule has 1 fully saturated rings. The lowest BCUT2D eigenvalue weighted by Crippen LogP contribution is -2.35. The zero-order chi connectivity index (χ0) is 18.6. The Labute approximate surface area is 156 Å². The average Bonchev–Trinajstić information content (AvgIpc) is 2.66. The zero-order valence-corrected chi connectivity index (χ0v) is 16.3. The summed E-state index contributed by atoms with van der Waals surface area (Å²) in [7, 11) is -3.44. The summed E-state index contributed by atoms with van der Waals surface area (Å²) in [5.74, 6) is 0. The van der Waals surface area contributed by atoms with Crippen LogP contribution in [0.1, 0.15) is 31.0 Å². The molecule has 1 aliphatic heterocycles. The molecule has 1 saturated heterocycles. The van der Waals surface area contributed by atoms with Crippen LogP contribution in [0.5, 0.6) is 0 Å². The van der Waals surface area contributed by atoms with Crippen molar-refractivity contribution < 1.29 is 13.6 Å². The molecule has 1 atom stereocenters. The van der Waals surface area contributed by atoms with E-state index in [2.05, 4.69) is 6.58 Å². The van der Waals surface area contributed by atoms with Crippen LogP contribution in [0.2, 0.25) is 0 Å². The zero-order valence-electron chi connectivity index (χ0n) is 15.4. The summed E-state index contributed by atoms with van der Waals surface area (Å²) in [5, 5.41) is 0. The first-order valence-electron chi connectivity index (χ1n) is 8.81. The van der Waals surface area contributed by atoms with Gasteiger partial charge in [0.2, 0.25) is 0 Å². The third kappa shape index (κ3) is 4.33. The van der Waals surface area contributed by atoms with Crippen molar-refractivity contribution in [2.75, 3.05) is 13.2 Å². The number of benzene rings is 2. The molecule has 138 valence electrons. The molecule has 0 radical (unpaired) electrons. The highest BCUT2D eigenvalue weighted by molar-refractivity contribution is 7.51. The number of rotatable bonds is 6. The predicted octanol–water partition coefficient (Wildman–Crippen LogP) is 5.60. The molecular weight excluding hydrogens is 345 g/mol. The molecule has 1 unspecified atom stereocenters. The summed E-state index contributed by atoms with van der Waals surface area (Å²) in [6.45, 7) is 9.31. The summed E-state index contributed by atoms with van der Waals surface area (Å²) in [6, 6.07) is 19.6. The fourth-order valence-electron chi connectivity index (χ4n) is 2.93. The predicted molar refractivity (Wildman–Crippen MR) is 105 cm³/mol. The van der Waals surface area contributed by atoms with Gasteiger partial charge in [0.1, 0.15) is 0 Å². The Morgan fingerprint density at radius 2 is 1.62 bits per heavy atom. The van der Waals surface area contributed by atoms with Crippen molar-refractivity contribution in [2.24, 2.45) is 5.41 Å². The molecule has 26 heavy (non-hydrogen) atoms. The third-order valence-corrected chi connectivity index (χ3v) is 6.35. The first kappa shape index (κ1) is 19.1. The summed E-state index contributed by atoms with van der Waals surface area (Å²) < 4.78 is 27.1. The summed E-state index contributed by atoms with van der Waals surface area (Å²) in [5.41, 5.74) is 1.90. The maximum absolute atomic E-state index is 13.6. The van der Waals surface area contributed by atoms with Gasteiger partial charge in [-0.2, -0.15) is 4.67 Å². The number of hydrogen-bond donors (Lipinski definition) is 0. The van der Waals surface area contributed by atoms with Crippen molar-refractivity contribution in [3.63, 3.8) is 0 Å². The van der Waals surface area contributed by atoms with Gasteiger partial charge >= 0.3 is 7.75 Å². The molecule has 2 aromatic rings. The first-order valence-corrected chi connectivity index (χ1v) is 10.3. The van der Waals surface area contributed by atoms with E-state index in [1.807, 2.05) is 74.5 Å². The standard InChI is InChI=1S/C21H26NO3P/c1-4-20(19-13-9-6-10-14-19)22(15-18-11-7-5-8-12-18)26(23)24-16-21(2,3)17-25-26/h4-14,20H,1,15-17H2,2-3H3. The van der Waals surface area contributed by atoms with Crippen LogP contribution in [0, 0.1) is 5.41 Å². The van der Waals surface area contributed by atoms with E-state index < -0.39 is 7.75 Å². The van der Waals surface area contributed by atoms with Crippen LogP contribution >= 0.6 is 7.75 Å². The molecule has 5 heteroatoms. The molecule has 0 amide bonds. The minimum Gasteiger partial charge on any atom is -0.296 e. The van der Waals surface area contributed by atoms with Crippen LogP contribution in [-0.2, 0) is 20.2 Å². The van der Waals surface area contributed by atoms with E-state index in [9.17, 15) is 4.57 Å². The highest BCUT2D eigenvalue weighted by Gasteiger charge is 2.44. The van der Waals surface area contributed by atoms with E-state index in [1.165, 1.54) is 0 Å². The largest absolute Gasteiger partial charge is 0.409 e. The number of nitrogens with zero attached hydrogens (tertiary/aromatic N) is 1. The molecule has 1 heterocycles. The Balaban J connectivity index is 1.96. The first-order chi connectivity index (χ1) is 12.4. The lowest BCUT2D eigenvalue weighted by molar-refractivity contribution is 0.0166. The average molecular weight is 371 g/mol. The minimum atomic E-state index is -3.44. The lowest BCUT2D eigenvalue weighted by atomic mass is 9.97. The molecule has 3 rings (SSSR count). The number of hydrogen-bond acceptors (Lipinski definition) is 3. The molecule has 0 aliphatic carbocycles. The van der Waals surface area contributed by atoms with Crippen LogP contribution in [-0.4, -0.2) is 17.9 Å². The maximum atomic E-state index is 13.6. The van der Waals surface area contributed by atoms with Crippen molar-refractivity contribution in [3.05, 3.63) is 84.4 Å². The molecule has 0 saturated carbocycles. The van der Waals surface area contributed by atoms with Gasteiger partial charge in [0.15, 0.2) is 0 Å². The van der Waals surface area contributed by atoms with E-state index in [4.69, 9.17) is 9.05 Å². The van der Waals surface area contributed by atoms with Crippen LogP contribution in [0.3, 0.4) is 0 Å². The molecule has 4 nitrogen and oxygen atoms in total. The van der Waals surface area contributed by atoms with Crippen LogP contribution in [0.25, 0.3) is 0 Å². The third-order valence-electron chi connectivity index (χ3n) is 4.42. The summed E-state index contributed by atoms with van der Waals surface area (Å²) >= 11 is 0. The molecular formula is C21H26NO3P. The van der Waals surface area contributed by atoms with Gasteiger partial charge < -0.3 is 0 Å². The van der Waals surface area contributed by atoms with Gasteiger partial charge in [0.05, 0.1) is 19.3 Å². The molecule has 0 bridgehead atoms. The highest BCUT2D eigenvalue weighted by atomic mass is 31.2. The van der Waals surface area contributed by atoms with Gasteiger partial charge in [-0.1, -0.05) is 80.6 Å². The van der Waals surface area contributed by atoms with Gasteiger partial charge in [0, 0.05) is 12.0 Å². The van der Waals surface area contributed by atoms with Crippen molar-refractivity contribution >= 4 is 7.75 Å². The van der Waals surface area contributed by atoms with E-state index in [1.54, 1.807) is 10.7 Å². The smallest absolute Gasteiger partial charge is 0.296 e. The normalized spacial score (nSPS) is 19.8. The Morgan fingerprint density at radius 3 is 2.15 bits per heavy atom. The van der Waals surface area contributed by atoms with E-state index in [-0.39, 0.29) is 11.5 Å². The molecule has 0 spiro atoms. The van der Waals surface area contributed by atoms with E-state index in [0.717, 1.165) is 11.1 Å². The summed E-state index contributed by atoms with van der Waals surface area (Å²) in [4.78, 5) is 0. The van der Waals surface area contributed by atoms with Gasteiger partial charge in [-0.3, -0.25) is 9.05 Å². The van der Waals surface area contributed by atoms with Crippen LogP contribution < -0.4 is 0 Å². The van der Waals surface area contributed by atoms with Crippen LogP contribution in [0.4, 0.5) is 0 Å². The fourth-order valence-corrected chi connectivity index (χ4v) is 5.19. The SMILES string of the molecule is C=CC(c1ccccc1)N(Cc1ccccc1)P1(=O)OCC(C)(C)CO1. The van der Waals surface area contributed by atoms with Gasteiger partial charge in [-0.15, -0.1) is 6.58 Å². The second kappa shape index (κ2) is 7.89. The molecule has 0 N–H and O–H groups in total. The van der Waals surface area contributed by atoms with E-state index >= 15 is 0 Å². The van der Waals surface area contributed by atoms with Crippen molar-refractivity contribution in [1.29, 1.82) is 0 Å². The van der Waals surface area contributed by atoms with Gasteiger partial charge in [-0.05, 0) is 11.1 Å². The van der Waals surface area contributed by atoms with Crippen molar-refractivity contribution in [2.45, 2.75) is 26.4 Å². The van der Waals surface area contributed by atoms with Gasteiger partial charge in [-0.25, -0.2) is 4.57 Å². The Kier molecular flexibility index (Phi) is 5.79. The second-order valence-corrected chi connectivity index (χ2v) is 9.32. The second-order valence-electron chi connectivity index (χ2n) is 7.35. The lowest BCUT2D eigenvalue weighted by Gasteiger charge is -2.41. The molecule has 2 aromatic carbocycles. The van der Waals surface area contributed by atoms with Gasteiger partial charge in [0.25, 0.3) is 0 Å². The molecule has 1 aliphatic rings. The van der Waals surface area contributed by atoms with Crippen LogP contribution in [0.15, 0.2) is 73.3 Å². The Bertz CT molecular complexity index is 762. The minimum absolute atomic E-state index is 0.150. The fraction of sp³-hybridized carbons (Fsp3) is 0.333. The maximum Gasteiger partial charge on any atom is 0.409 e. The molecule has 0 aromatic heterocycles. The monoisotopic (exact) mass is 371 g/mol.